The second kappa shape index (κ2) is 10.3. The summed E-state index contributed by atoms with van der Waals surface area (Å²) in [5.41, 5.74) is 3.17. The molecular formula is C26H26N4O4S. The molecule has 0 fully saturated rings. The number of carbonyl (C=O) groups excluding carboxylic acids is 1. The van der Waals surface area contributed by atoms with Crippen LogP contribution in [0.3, 0.4) is 0 Å². The Kier molecular flexibility index (Phi) is 6.78. The zero-order valence-corrected chi connectivity index (χ0v) is 20.2. The highest BCUT2D eigenvalue weighted by atomic mass is 32.1. The van der Waals surface area contributed by atoms with Crippen LogP contribution in [-0.4, -0.2) is 40.6 Å². The standard InChI is InChI=1S/C26H26N4O4S/c1-33-22-15-24(31)30-12-11-29(17-18-5-2-3-6-19(18)21-7-4-13-34-21)10-8-20(30)25(22)26(32)28-16-23-27-9-14-35-23/h2-7,9,13-15H,8,10-12,16-17H2,1H3,(H,28,32). The summed E-state index contributed by atoms with van der Waals surface area (Å²) < 4.78 is 12.8. The number of nitrogens with one attached hydrogen (secondary N) is 1. The Morgan fingerprint density at radius 3 is 2.86 bits per heavy atom. The van der Waals surface area contributed by atoms with E-state index in [1.165, 1.54) is 24.5 Å². The van der Waals surface area contributed by atoms with Crippen molar-refractivity contribution in [3.8, 4) is 17.1 Å². The van der Waals surface area contributed by atoms with Gasteiger partial charge in [-0.1, -0.05) is 24.3 Å². The molecule has 9 heteroatoms. The SMILES string of the molecule is COc1cc(=O)n2c(c1C(=O)NCc1nccs1)CCN(Cc1ccccc1-c1ccco1)CC2. The fourth-order valence-corrected chi connectivity index (χ4v) is 5.07. The van der Waals surface area contributed by atoms with Crippen LogP contribution in [-0.2, 0) is 26.1 Å². The van der Waals surface area contributed by atoms with E-state index in [0.29, 0.717) is 56.2 Å². The normalized spacial score (nSPS) is 13.7. The molecule has 1 N–H and O–H groups in total. The Morgan fingerprint density at radius 1 is 1.20 bits per heavy atom. The van der Waals surface area contributed by atoms with Crippen LogP contribution in [0.25, 0.3) is 11.3 Å². The van der Waals surface area contributed by atoms with E-state index >= 15 is 0 Å². The highest BCUT2D eigenvalue weighted by molar-refractivity contribution is 7.09. The number of nitrogens with zero attached hydrogens (tertiary/aromatic N) is 3. The average Bonchev–Trinajstić information content (AvgIpc) is 3.56. The van der Waals surface area contributed by atoms with E-state index in [9.17, 15) is 9.59 Å². The first-order chi connectivity index (χ1) is 17.1. The third-order valence-corrected chi connectivity index (χ3v) is 6.99. The van der Waals surface area contributed by atoms with E-state index in [2.05, 4.69) is 27.3 Å². The van der Waals surface area contributed by atoms with Crippen LogP contribution < -0.4 is 15.6 Å². The minimum absolute atomic E-state index is 0.161. The summed E-state index contributed by atoms with van der Waals surface area (Å²) in [5, 5.41) is 5.62. The number of ether oxygens (including phenoxy) is 1. The number of fused-ring (bicyclic) bond motifs is 1. The number of hydrogen-bond acceptors (Lipinski definition) is 7. The molecule has 0 unspecified atom stereocenters. The van der Waals surface area contributed by atoms with E-state index in [0.717, 1.165) is 21.9 Å². The van der Waals surface area contributed by atoms with Crippen molar-refractivity contribution in [3.63, 3.8) is 0 Å². The van der Waals surface area contributed by atoms with Crippen LogP contribution >= 0.6 is 11.3 Å². The highest BCUT2D eigenvalue weighted by Gasteiger charge is 2.25. The van der Waals surface area contributed by atoms with Crippen molar-refractivity contribution in [1.82, 2.24) is 19.8 Å². The summed E-state index contributed by atoms with van der Waals surface area (Å²) in [7, 11) is 1.48. The molecule has 0 saturated carbocycles. The largest absolute Gasteiger partial charge is 0.496 e. The minimum atomic E-state index is -0.266. The Hall–Kier alpha value is -3.69. The lowest BCUT2D eigenvalue weighted by atomic mass is 10.0. The van der Waals surface area contributed by atoms with Crippen molar-refractivity contribution < 1.29 is 13.9 Å². The molecular weight excluding hydrogens is 464 g/mol. The van der Waals surface area contributed by atoms with Crippen LogP contribution in [0.2, 0.25) is 0 Å². The molecule has 1 amide bonds. The van der Waals surface area contributed by atoms with Crippen LogP contribution in [0.15, 0.2) is 69.5 Å². The van der Waals surface area contributed by atoms with Crippen LogP contribution in [0.5, 0.6) is 5.75 Å². The highest BCUT2D eigenvalue weighted by Crippen LogP contribution is 2.27. The first-order valence-corrected chi connectivity index (χ1v) is 12.3. The maximum Gasteiger partial charge on any atom is 0.257 e. The Bertz CT molecular complexity index is 1360. The number of benzene rings is 1. The van der Waals surface area contributed by atoms with Crippen LogP contribution in [0, 0.1) is 0 Å². The molecule has 1 aliphatic heterocycles. The lowest BCUT2D eigenvalue weighted by Crippen LogP contribution is -2.31. The van der Waals surface area contributed by atoms with Crippen molar-refractivity contribution >= 4 is 17.2 Å². The zero-order valence-electron chi connectivity index (χ0n) is 19.4. The lowest BCUT2D eigenvalue weighted by Gasteiger charge is -2.21. The van der Waals surface area contributed by atoms with Gasteiger partial charge in [-0.3, -0.25) is 14.5 Å². The molecule has 35 heavy (non-hydrogen) atoms. The maximum absolute atomic E-state index is 13.2. The number of rotatable bonds is 7. The second-order valence-electron chi connectivity index (χ2n) is 8.29. The number of methoxy groups -OCH3 is 1. The molecule has 1 aromatic carbocycles. The van der Waals surface area contributed by atoms with Crippen LogP contribution in [0.1, 0.15) is 26.6 Å². The van der Waals surface area contributed by atoms with Gasteiger partial charge in [-0.05, 0) is 17.7 Å². The molecule has 0 atom stereocenters. The maximum atomic E-state index is 13.2. The Balaban J connectivity index is 1.39. The molecule has 180 valence electrons. The molecule has 0 saturated heterocycles. The van der Waals surface area contributed by atoms with Gasteiger partial charge in [0.15, 0.2) is 0 Å². The molecule has 8 nitrogen and oxygen atoms in total. The van der Waals surface area contributed by atoms with Gasteiger partial charge in [0, 0.05) is 61.5 Å². The smallest absolute Gasteiger partial charge is 0.257 e. The summed E-state index contributed by atoms with van der Waals surface area (Å²) >= 11 is 1.48. The fourth-order valence-electron chi connectivity index (χ4n) is 4.51. The molecule has 0 bridgehead atoms. The topological polar surface area (TPSA) is 89.6 Å². The van der Waals surface area contributed by atoms with Gasteiger partial charge < -0.3 is 19.0 Å². The van der Waals surface area contributed by atoms with Gasteiger partial charge in [0.25, 0.3) is 11.5 Å². The lowest BCUT2D eigenvalue weighted by molar-refractivity contribution is 0.0945. The molecule has 1 aliphatic rings. The number of aromatic nitrogens is 2. The third-order valence-electron chi connectivity index (χ3n) is 6.21. The summed E-state index contributed by atoms with van der Waals surface area (Å²) in [6, 6.07) is 13.4. The van der Waals surface area contributed by atoms with E-state index in [4.69, 9.17) is 9.15 Å². The second-order valence-corrected chi connectivity index (χ2v) is 9.27. The summed E-state index contributed by atoms with van der Waals surface area (Å²) in [6.07, 6.45) is 3.93. The van der Waals surface area contributed by atoms with Crippen molar-refractivity contribution in [2.45, 2.75) is 26.1 Å². The number of carbonyl (C=O) groups is 1. The summed E-state index contributed by atoms with van der Waals surface area (Å²) in [6.45, 7) is 2.92. The summed E-state index contributed by atoms with van der Waals surface area (Å²) in [5.74, 6) is 0.866. The zero-order chi connectivity index (χ0) is 24.2. The van der Waals surface area contributed by atoms with Gasteiger partial charge in [-0.2, -0.15) is 0 Å². The Labute approximate surface area is 206 Å². The fraction of sp³-hybridized carbons (Fsp3) is 0.269. The van der Waals surface area contributed by atoms with Crippen molar-refractivity contribution in [1.29, 1.82) is 0 Å². The number of amides is 1. The number of thiazole rings is 1. The van der Waals surface area contributed by atoms with Gasteiger partial charge >= 0.3 is 0 Å². The molecule has 4 aromatic rings. The number of hydrogen-bond donors (Lipinski definition) is 1. The molecule has 0 aliphatic carbocycles. The number of pyridine rings is 1. The average molecular weight is 491 g/mol. The molecule has 0 spiro atoms. The van der Waals surface area contributed by atoms with Crippen LogP contribution in [0.4, 0.5) is 0 Å². The molecule has 4 heterocycles. The van der Waals surface area contributed by atoms with Crippen molar-refractivity contribution in [2.75, 3.05) is 20.2 Å². The minimum Gasteiger partial charge on any atom is -0.496 e. The van der Waals surface area contributed by atoms with Gasteiger partial charge in [0.2, 0.25) is 0 Å². The Morgan fingerprint density at radius 2 is 2.09 bits per heavy atom. The first kappa shape index (κ1) is 23.1. The monoisotopic (exact) mass is 490 g/mol. The van der Waals surface area contributed by atoms with Crippen molar-refractivity contribution in [3.05, 3.63) is 92.5 Å². The molecule has 0 radical (unpaired) electrons. The summed E-state index contributed by atoms with van der Waals surface area (Å²) in [4.78, 5) is 32.6. The van der Waals surface area contributed by atoms with E-state index < -0.39 is 0 Å². The van der Waals surface area contributed by atoms with Gasteiger partial charge in [-0.15, -0.1) is 11.3 Å². The molecule has 3 aromatic heterocycles. The quantitative estimate of drug-likeness (QED) is 0.426. The van der Waals surface area contributed by atoms with Gasteiger partial charge in [-0.25, -0.2) is 4.98 Å². The number of furan rings is 1. The van der Waals surface area contributed by atoms with E-state index in [-0.39, 0.29) is 11.5 Å². The van der Waals surface area contributed by atoms with Gasteiger partial charge in [0.1, 0.15) is 22.1 Å². The van der Waals surface area contributed by atoms with E-state index in [1.807, 2.05) is 29.6 Å². The van der Waals surface area contributed by atoms with Crippen molar-refractivity contribution in [2.24, 2.45) is 0 Å². The van der Waals surface area contributed by atoms with E-state index in [1.54, 1.807) is 17.0 Å². The van der Waals surface area contributed by atoms with Gasteiger partial charge in [0.05, 0.1) is 19.9 Å². The predicted octanol–water partition coefficient (Wildman–Crippen LogP) is 3.56. The molecule has 5 rings (SSSR count). The first-order valence-electron chi connectivity index (χ1n) is 11.5. The predicted molar refractivity (Wildman–Crippen MR) is 134 cm³/mol. The third kappa shape index (κ3) is 4.91.